The molecule has 0 saturated carbocycles. The average molecular weight is 670 g/mol. The highest BCUT2D eigenvalue weighted by atomic mass is 16.5. The Morgan fingerprint density at radius 3 is 2.41 bits per heavy atom. The first-order valence-corrected chi connectivity index (χ1v) is 18.0. The van der Waals surface area contributed by atoms with Crippen molar-refractivity contribution in [3.05, 3.63) is 160 Å². The van der Waals surface area contributed by atoms with Gasteiger partial charge >= 0.3 is 0 Å². The van der Waals surface area contributed by atoms with Crippen LogP contribution in [0.15, 0.2) is 152 Å². The predicted octanol–water partition coefficient (Wildman–Crippen LogP) is 9.15. The van der Waals surface area contributed by atoms with Crippen molar-refractivity contribution >= 4 is 47.1 Å². The van der Waals surface area contributed by atoms with Crippen molar-refractivity contribution in [1.29, 1.82) is 0 Å². The number of ether oxygens (including phenoxy) is 1. The van der Waals surface area contributed by atoms with Crippen molar-refractivity contribution in [2.75, 3.05) is 13.7 Å². The lowest BCUT2D eigenvalue weighted by Crippen LogP contribution is -2.32. The molecule has 1 aromatic heterocycles. The van der Waals surface area contributed by atoms with Gasteiger partial charge in [-0.05, 0) is 73.7 Å². The van der Waals surface area contributed by atoms with E-state index in [-0.39, 0.29) is 11.3 Å². The number of aliphatic imine (C=N–C) groups is 3. The van der Waals surface area contributed by atoms with E-state index in [0.29, 0.717) is 24.1 Å². The molecule has 3 unspecified atom stereocenters. The third-order valence-corrected chi connectivity index (χ3v) is 10.6. The standard InChI is InChI=1S/C46H43N3O2/c1-46(27-26-37-36-19-12-13-21-41(36)51-42(37)29-46)30-48-45(33-16-8-5-9-17-33)49-44(47-2)34-24-22-32(23-25-34)40-28-39(31-14-6-4-7-15-31)35-18-10-11-20-38(35)43(40)50-3/h5,8-14,16-26,28-29,35,38H,2,4,6-7,15,27,30H2,1,3H3. The maximum Gasteiger partial charge on any atom is 0.161 e. The van der Waals surface area contributed by atoms with E-state index in [4.69, 9.17) is 19.1 Å². The molecule has 4 aliphatic carbocycles. The number of allylic oxidation sites excluding steroid dienone is 9. The summed E-state index contributed by atoms with van der Waals surface area (Å²) in [5.41, 5.74) is 8.53. The molecule has 254 valence electrons. The minimum Gasteiger partial charge on any atom is -0.500 e. The Labute approximate surface area is 299 Å². The molecule has 1 heterocycles. The van der Waals surface area contributed by atoms with E-state index in [0.717, 1.165) is 63.7 Å². The van der Waals surface area contributed by atoms with E-state index >= 15 is 0 Å². The maximum atomic E-state index is 6.24. The fraction of sp³-hybridized carbons (Fsp3) is 0.239. The number of nitrogens with zero attached hydrogens (tertiary/aromatic N) is 3. The van der Waals surface area contributed by atoms with Gasteiger partial charge in [0.1, 0.15) is 16.8 Å². The summed E-state index contributed by atoms with van der Waals surface area (Å²) >= 11 is 0. The summed E-state index contributed by atoms with van der Waals surface area (Å²) < 4.78 is 12.4. The van der Waals surface area contributed by atoms with Gasteiger partial charge in [0.2, 0.25) is 0 Å². The van der Waals surface area contributed by atoms with Gasteiger partial charge < -0.3 is 9.15 Å². The molecular formula is C46H43N3O2. The second kappa shape index (κ2) is 14.0. The Hall–Kier alpha value is -5.55. The van der Waals surface area contributed by atoms with Gasteiger partial charge in [-0.2, -0.15) is 0 Å². The van der Waals surface area contributed by atoms with Crippen LogP contribution in [0.25, 0.3) is 28.7 Å². The van der Waals surface area contributed by atoms with Crippen LogP contribution in [0.3, 0.4) is 0 Å². The molecule has 5 heteroatoms. The van der Waals surface area contributed by atoms with Crippen molar-refractivity contribution in [3.8, 4) is 0 Å². The van der Waals surface area contributed by atoms with Crippen LogP contribution in [-0.4, -0.2) is 32.0 Å². The molecular weight excluding hydrogens is 627 g/mol. The molecule has 4 aromatic rings. The molecule has 0 radical (unpaired) electrons. The van der Waals surface area contributed by atoms with Crippen molar-refractivity contribution < 1.29 is 9.15 Å². The Morgan fingerprint density at radius 1 is 0.882 bits per heavy atom. The minimum absolute atomic E-state index is 0.174. The molecule has 3 atom stereocenters. The SMILES string of the molecule is C=NC(=NC(=NCC1(C)C=c2oc3ccccc3c2=CC1)c1ccccc1)c1ccc(C2=C(OC)C3C=CC=CC3C(C3=CCCCC3)=C2)cc1. The summed E-state index contributed by atoms with van der Waals surface area (Å²) in [5.74, 6) is 2.63. The largest absolute Gasteiger partial charge is 0.500 e. The van der Waals surface area contributed by atoms with E-state index in [1.165, 1.54) is 29.2 Å². The van der Waals surface area contributed by atoms with Gasteiger partial charge in [0.15, 0.2) is 11.7 Å². The first-order valence-electron chi connectivity index (χ1n) is 18.0. The summed E-state index contributed by atoms with van der Waals surface area (Å²) in [5, 5.41) is 2.32. The van der Waals surface area contributed by atoms with Crippen molar-refractivity contribution in [2.24, 2.45) is 32.2 Å². The van der Waals surface area contributed by atoms with E-state index in [9.17, 15) is 0 Å². The monoisotopic (exact) mass is 669 g/mol. The lowest BCUT2D eigenvalue weighted by molar-refractivity contribution is 0.245. The van der Waals surface area contributed by atoms with Crippen LogP contribution in [0, 0.1) is 17.3 Å². The number of amidine groups is 2. The topological polar surface area (TPSA) is 59.5 Å². The van der Waals surface area contributed by atoms with Crippen LogP contribution in [0.2, 0.25) is 0 Å². The van der Waals surface area contributed by atoms with Gasteiger partial charge in [-0.25, -0.2) is 9.98 Å². The second-order valence-corrected chi connectivity index (χ2v) is 14.1. The van der Waals surface area contributed by atoms with Crippen LogP contribution in [0.5, 0.6) is 0 Å². The highest BCUT2D eigenvalue weighted by molar-refractivity contribution is 6.12. The number of hydrogen-bond donors (Lipinski definition) is 0. The third-order valence-electron chi connectivity index (χ3n) is 10.6. The van der Waals surface area contributed by atoms with E-state index in [1.807, 2.05) is 42.5 Å². The third kappa shape index (κ3) is 6.45. The molecule has 8 rings (SSSR count). The Kier molecular flexibility index (Phi) is 8.95. The molecule has 0 aliphatic heterocycles. The fourth-order valence-electron chi connectivity index (χ4n) is 7.88. The van der Waals surface area contributed by atoms with Crippen LogP contribution in [-0.2, 0) is 4.74 Å². The number of para-hydroxylation sites is 1. The van der Waals surface area contributed by atoms with Crippen LogP contribution in [0.4, 0.5) is 0 Å². The first-order chi connectivity index (χ1) is 25.0. The Bertz CT molecular complexity index is 2330. The van der Waals surface area contributed by atoms with Crippen LogP contribution in [0.1, 0.15) is 55.7 Å². The first kappa shape index (κ1) is 32.6. The smallest absolute Gasteiger partial charge is 0.161 e. The fourth-order valence-corrected chi connectivity index (χ4v) is 7.88. The average Bonchev–Trinajstić information content (AvgIpc) is 3.55. The lowest BCUT2D eigenvalue weighted by atomic mass is 9.71. The zero-order valence-corrected chi connectivity index (χ0v) is 29.4. The predicted molar refractivity (Wildman–Crippen MR) is 211 cm³/mol. The highest BCUT2D eigenvalue weighted by Crippen LogP contribution is 2.46. The van der Waals surface area contributed by atoms with Crippen molar-refractivity contribution in [3.63, 3.8) is 0 Å². The molecule has 51 heavy (non-hydrogen) atoms. The van der Waals surface area contributed by atoms with Gasteiger partial charge in [-0.15, -0.1) is 0 Å². The zero-order chi connectivity index (χ0) is 34.8. The molecule has 0 fully saturated rings. The molecule has 3 aromatic carbocycles. The lowest BCUT2D eigenvalue weighted by Gasteiger charge is -2.35. The maximum absolute atomic E-state index is 6.24. The van der Waals surface area contributed by atoms with Crippen LogP contribution >= 0.6 is 0 Å². The summed E-state index contributed by atoms with van der Waals surface area (Å²) in [4.78, 5) is 14.6. The van der Waals surface area contributed by atoms with Gasteiger partial charge in [0.25, 0.3) is 0 Å². The van der Waals surface area contributed by atoms with Gasteiger partial charge in [-0.3, -0.25) is 4.99 Å². The number of rotatable bonds is 7. The number of methoxy groups -OCH3 is 1. The van der Waals surface area contributed by atoms with E-state index in [1.54, 1.807) is 7.11 Å². The van der Waals surface area contributed by atoms with E-state index < -0.39 is 0 Å². The molecule has 5 nitrogen and oxygen atoms in total. The summed E-state index contributed by atoms with van der Waals surface area (Å²) in [6.07, 6.45) is 23.9. The van der Waals surface area contributed by atoms with Crippen molar-refractivity contribution in [1.82, 2.24) is 0 Å². The van der Waals surface area contributed by atoms with E-state index in [2.05, 4.69) is 104 Å². The Morgan fingerprint density at radius 2 is 1.65 bits per heavy atom. The minimum atomic E-state index is -0.227. The molecule has 0 spiro atoms. The van der Waals surface area contributed by atoms with Gasteiger partial charge in [0, 0.05) is 44.6 Å². The molecule has 4 aliphatic rings. The number of furan rings is 1. The normalized spacial score (nSPS) is 23.1. The second-order valence-electron chi connectivity index (χ2n) is 14.1. The summed E-state index contributed by atoms with van der Waals surface area (Å²) in [6, 6.07) is 26.8. The molecule has 0 N–H and O–H groups in total. The molecule has 0 bridgehead atoms. The van der Waals surface area contributed by atoms with Crippen LogP contribution < -0.4 is 10.6 Å². The molecule has 0 amide bonds. The highest BCUT2D eigenvalue weighted by Gasteiger charge is 2.34. The number of hydrogen-bond acceptors (Lipinski definition) is 3. The van der Waals surface area contributed by atoms with Crippen molar-refractivity contribution in [2.45, 2.75) is 39.0 Å². The molecule has 0 saturated heterocycles. The van der Waals surface area contributed by atoms with Gasteiger partial charge in [0.05, 0.1) is 13.7 Å². The number of benzene rings is 3. The number of fused-ring (bicyclic) bond motifs is 4. The Balaban J connectivity index is 1.12. The summed E-state index contributed by atoms with van der Waals surface area (Å²) in [6.45, 7) is 6.69. The van der Waals surface area contributed by atoms with Gasteiger partial charge in [-0.1, -0.05) is 116 Å². The summed E-state index contributed by atoms with van der Waals surface area (Å²) in [7, 11) is 1.79. The quantitative estimate of drug-likeness (QED) is 0.146. The zero-order valence-electron chi connectivity index (χ0n) is 29.4.